The Morgan fingerprint density at radius 1 is 1.24 bits per heavy atom. The number of rotatable bonds is 3. The lowest BCUT2D eigenvalue weighted by Gasteiger charge is -2.56. The smallest absolute Gasteiger partial charge is 0.0367 e. The molecule has 3 saturated heterocycles. The van der Waals surface area contributed by atoms with Gasteiger partial charge in [-0.2, -0.15) is 0 Å². The van der Waals surface area contributed by atoms with Crippen LogP contribution in [0, 0.1) is 6.92 Å². The number of nitrogens with zero attached hydrogens (tertiary/aromatic N) is 2. The first kappa shape index (κ1) is 10.8. The van der Waals surface area contributed by atoms with Crippen LogP contribution in [-0.4, -0.2) is 36.6 Å². The monoisotopic (exact) mass is 228 g/mol. The zero-order chi connectivity index (χ0) is 11.8. The van der Waals surface area contributed by atoms with Gasteiger partial charge in [-0.05, 0) is 25.5 Å². The van der Waals surface area contributed by atoms with E-state index < -0.39 is 0 Å². The molecule has 0 amide bonds. The minimum Gasteiger partial charge on any atom is -0.368 e. The largest absolute Gasteiger partial charge is 0.368 e. The second-order valence-corrected chi connectivity index (χ2v) is 5.27. The summed E-state index contributed by atoms with van der Waals surface area (Å²) in [7, 11) is 0. The maximum absolute atomic E-state index is 3.84. The first-order valence-electron chi connectivity index (χ1n) is 6.46. The van der Waals surface area contributed by atoms with Gasteiger partial charge in [0.05, 0.1) is 0 Å². The number of piperidine rings is 1. The van der Waals surface area contributed by atoms with Crippen molar-refractivity contribution in [3.63, 3.8) is 0 Å². The number of benzene rings is 1. The number of fused-ring (bicyclic) bond motifs is 2. The minimum absolute atomic E-state index is 0.744. The van der Waals surface area contributed by atoms with Crippen molar-refractivity contribution in [3.05, 3.63) is 42.5 Å². The molecule has 0 aromatic heterocycles. The number of piperazine rings is 1. The molecule has 2 bridgehead atoms. The third kappa shape index (κ3) is 1.87. The van der Waals surface area contributed by atoms with Gasteiger partial charge in [-0.1, -0.05) is 23.8 Å². The third-order valence-corrected chi connectivity index (χ3v) is 4.08. The number of anilines is 1. The second-order valence-electron chi connectivity index (χ2n) is 5.27. The molecule has 0 aliphatic carbocycles. The van der Waals surface area contributed by atoms with Crippen molar-refractivity contribution >= 4 is 5.69 Å². The Balaban J connectivity index is 1.69. The average molecular weight is 228 g/mol. The van der Waals surface area contributed by atoms with Crippen molar-refractivity contribution in [3.8, 4) is 0 Å². The van der Waals surface area contributed by atoms with E-state index in [9.17, 15) is 0 Å². The summed E-state index contributed by atoms with van der Waals surface area (Å²) >= 11 is 0. The Labute approximate surface area is 104 Å². The van der Waals surface area contributed by atoms with Crippen LogP contribution in [0.4, 0.5) is 5.69 Å². The number of hydrogen-bond acceptors (Lipinski definition) is 2. The molecule has 0 N–H and O–H groups in total. The summed E-state index contributed by atoms with van der Waals surface area (Å²) in [5.74, 6) is 0. The molecule has 0 radical (unpaired) electrons. The van der Waals surface area contributed by atoms with E-state index in [-0.39, 0.29) is 0 Å². The zero-order valence-corrected chi connectivity index (χ0v) is 10.5. The summed E-state index contributed by atoms with van der Waals surface area (Å²) in [4.78, 5) is 5.11. The summed E-state index contributed by atoms with van der Waals surface area (Å²) in [5.41, 5.74) is 2.72. The highest BCUT2D eigenvalue weighted by atomic mass is 15.4. The molecule has 4 rings (SSSR count). The van der Waals surface area contributed by atoms with Crippen molar-refractivity contribution in [2.24, 2.45) is 0 Å². The molecule has 0 saturated carbocycles. The fraction of sp³-hybridized carbons (Fsp3) is 0.467. The van der Waals surface area contributed by atoms with Crippen LogP contribution >= 0.6 is 0 Å². The van der Waals surface area contributed by atoms with Gasteiger partial charge in [-0.15, -0.1) is 6.58 Å². The van der Waals surface area contributed by atoms with Gasteiger partial charge < -0.3 is 4.90 Å². The number of hydrogen-bond donors (Lipinski definition) is 0. The van der Waals surface area contributed by atoms with E-state index in [1.807, 2.05) is 6.08 Å². The van der Waals surface area contributed by atoms with Crippen LogP contribution in [0.1, 0.15) is 12.0 Å². The van der Waals surface area contributed by atoms with Crippen LogP contribution in [0.2, 0.25) is 0 Å². The summed E-state index contributed by atoms with van der Waals surface area (Å²) in [6.07, 6.45) is 3.40. The molecule has 0 spiro atoms. The van der Waals surface area contributed by atoms with Gasteiger partial charge in [-0.25, -0.2) is 0 Å². The van der Waals surface area contributed by atoms with E-state index in [0.29, 0.717) is 0 Å². The molecule has 17 heavy (non-hydrogen) atoms. The summed E-state index contributed by atoms with van der Waals surface area (Å²) in [6, 6.07) is 10.4. The van der Waals surface area contributed by atoms with Gasteiger partial charge in [0.1, 0.15) is 0 Å². The van der Waals surface area contributed by atoms with Crippen molar-refractivity contribution in [2.45, 2.75) is 25.4 Å². The van der Waals surface area contributed by atoms with E-state index in [2.05, 4.69) is 47.6 Å². The molecule has 3 heterocycles. The lowest BCUT2D eigenvalue weighted by atomic mass is 9.87. The average Bonchev–Trinajstić information content (AvgIpc) is 2.37. The van der Waals surface area contributed by atoms with Crippen LogP contribution < -0.4 is 4.90 Å². The van der Waals surface area contributed by atoms with Crippen molar-refractivity contribution in [2.75, 3.05) is 24.5 Å². The van der Waals surface area contributed by atoms with Crippen LogP contribution in [-0.2, 0) is 0 Å². The van der Waals surface area contributed by atoms with E-state index in [0.717, 1.165) is 18.6 Å². The first-order valence-corrected chi connectivity index (χ1v) is 6.46. The molecule has 3 aliphatic rings. The Hall–Kier alpha value is -1.28. The van der Waals surface area contributed by atoms with Gasteiger partial charge in [0.25, 0.3) is 0 Å². The molecular weight excluding hydrogens is 208 g/mol. The lowest BCUT2D eigenvalue weighted by molar-refractivity contribution is 0.0109. The van der Waals surface area contributed by atoms with Crippen molar-refractivity contribution < 1.29 is 0 Å². The Morgan fingerprint density at radius 3 is 2.47 bits per heavy atom. The predicted octanol–water partition coefficient (Wildman–Crippen LogP) is 2.44. The molecule has 1 aromatic rings. The summed E-state index contributed by atoms with van der Waals surface area (Å²) in [6.45, 7) is 9.38. The summed E-state index contributed by atoms with van der Waals surface area (Å²) < 4.78 is 0. The SMILES string of the molecule is C=CCN1C2CC1CN(c1ccc(C)cc1)C2. The zero-order valence-electron chi connectivity index (χ0n) is 10.5. The van der Waals surface area contributed by atoms with E-state index in [1.54, 1.807) is 0 Å². The third-order valence-electron chi connectivity index (χ3n) is 4.08. The van der Waals surface area contributed by atoms with E-state index in [1.165, 1.54) is 30.8 Å². The molecule has 2 heteroatoms. The maximum atomic E-state index is 3.84. The van der Waals surface area contributed by atoms with Crippen LogP contribution in [0.5, 0.6) is 0 Å². The van der Waals surface area contributed by atoms with Gasteiger partial charge in [0.2, 0.25) is 0 Å². The van der Waals surface area contributed by atoms with Gasteiger partial charge >= 0.3 is 0 Å². The highest BCUT2D eigenvalue weighted by Crippen LogP contribution is 2.34. The van der Waals surface area contributed by atoms with Gasteiger partial charge in [0.15, 0.2) is 0 Å². The molecule has 2 atom stereocenters. The Morgan fingerprint density at radius 2 is 1.88 bits per heavy atom. The molecule has 3 fully saturated rings. The van der Waals surface area contributed by atoms with E-state index >= 15 is 0 Å². The van der Waals surface area contributed by atoms with E-state index in [4.69, 9.17) is 0 Å². The standard InChI is InChI=1S/C15H20N2/c1-3-8-17-14-9-15(17)11-16(10-14)13-6-4-12(2)5-7-13/h3-7,14-15H,1,8-11H2,2H3. The van der Waals surface area contributed by atoms with Gasteiger partial charge in [0, 0.05) is 37.4 Å². The predicted molar refractivity (Wildman–Crippen MR) is 72.5 cm³/mol. The van der Waals surface area contributed by atoms with Crippen LogP contribution in [0.3, 0.4) is 0 Å². The van der Waals surface area contributed by atoms with Crippen molar-refractivity contribution in [1.29, 1.82) is 0 Å². The molecule has 90 valence electrons. The van der Waals surface area contributed by atoms with Gasteiger partial charge in [-0.3, -0.25) is 4.90 Å². The lowest BCUT2D eigenvalue weighted by Crippen LogP contribution is -2.68. The first-order chi connectivity index (χ1) is 8.28. The maximum Gasteiger partial charge on any atom is 0.0367 e. The molecule has 3 aliphatic heterocycles. The minimum atomic E-state index is 0.744. The molecule has 2 unspecified atom stereocenters. The highest BCUT2D eigenvalue weighted by molar-refractivity contribution is 5.49. The fourth-order valence-corrected chi connectivity index (χ4v) is 3.10. The topological polar surface area (TPSA) is 6.48 Å². The Bertz CT molecular complexity index is 397. The van der Waals surface area contributed by atoms with Crippen LogP contribution in [0.25, 0.3) is 0 Å². The quantitative estimate of drug-likeness (QED) is 0.733. The Kier molecular flexibility index (Phi) is 2.67. The summed E-state index contributed by atoms with van der Waals surface area (Å²) in [5, 5.41) is 0. The number of aryl methyl sites for hydroxylation is 1. The normalized spacial score (nSPS) is 27.7. The molecular formula is C15H20N2. The fourth-order valence-electron chi connectivity index (χ4n) is 3.10. The molecule has 2 nitrogen and oxygen atoms in total. The van der Waals surface area contributed by atoms with Crippen molar-refractivity contribution in [1.82, 2.24) is 4.90 Å². The molecule has 1 aromatic carbocycles. The highest BCUT2D eigenvalue weighted by Gasteiger charge is 2.43. The van der Waals surface area contributed by atoms with Crippen LogP contribution in [0.15, 0.2) is 36.9 Å². The second kappa shape index (κ2) is 4.19.